The average Bonchev–Trinajstić information content (AvgIpc) is 2.45. The minimum absolute atomic E-state index is 0.0217. The topological polar surface area (TPSA) is 84.5 Å². The van der Waals surface area contributed by atoms with Crippen LogP contribution in [0.2, 0.25) is 0 Å². The lowest BCUT2D eigenvalue weighted by Crippen LogP contribution is -2.31. The van der Waals surface area contributed by atoms with Crippen molar-refractivity contribution in [2.24, 2.45) is 0 Å². The molecule has 0 aliphatic heterocycles. The Hall–Kier alpha value is -1.44. The molecule has 2 N–H and O–H groups in total. The summed E-state index contributed by atoms with van der Waals surface area (Å²) in [5.74, 6) is -0.273. The lowest BCUT2D eigenvalue weighted by molar-refractivity contribution is -0.120. The summed E-state index contributed by atoms with van der Waals surface area (Å²) < 4.78 is 31.7. The van der Waals surface area contributed by atoms with Gasteiger partial charge in [0.15, 0.2) is 0 Å². The van der Waals surface area contributed by atoms with Crippen molar-refractivity contribution in [3.05, 3.63) is 24.3 Å². The van der Waals surface area contributed by atoms with Crippen LogP contribution < -0.4 is 10.0 Å². The molecule has 1 rings (SSSR count). The van der Waals surface area contributed by atoms with E-state index >= 15 is 0 Å². The molecule has 0 aliphatic carbocycles. The van der Waals surface area contributed by atoms with Gasteiger partial charge in [-0.2, -0.15) is 0 Å². The van der Waals surface area contributed by atoms with E-state index in [-0.39, 0.29) is 23.5 Å². The zero-order chi connectivity index (χ0) is 15.9. The molecule has 1 amide bonds. The minimum Gasteiger partial charge on any atom is -0.372 e. The van der Waals surface area contributed by atoms with Gasteiger partial charge in [0, 0.05) is 18.3 Å². The number of benzene rings is 1. The van der Waals surface area contributed by atoms with Gasteiger partial charge < -0.3 is 10.1 Å². The van der Waals surface area contributed by atoms with Crippen LogP contribution in [0.4, 0.5) is 5.69 Å². The Labute approximate surface area is 125 Å². The Kier molecular flexibility index (Phi) is 6.80. The maximum atomic E-state index is 12.1. The summed E-state index contributed by atoms with van der Waals surface area (Å²) in [5, 5.41) is 2.63. The van der Waals surface area contributed by atoms with E-state index in [1.165, 1.54) is 12.1 Å². The van der Waals surface area contributed by atoms with Crippen molar-refractivity contribution in [2.75, 3.05) is 18.5 Å². The monoisotopic (exact) mass is 314 g/mol. The molecule has 1 aromatic rings. The zero-order valence-electron chi connectivity index (χ0n) is 12.5. The Morgan fingerprint density at radius 1 is 1.24 bits per heavy atom. The van der Waals surface area contributed by atoms with E-state index < -0.39 is 10.0 Å². The largest absolute Gasteiger partial charge is 0.372 e. The first-order chi connectivity index (χ1) is 9.89. The first-order valence-electron chi connectivity index (χ1n) is 6.89. The van der Waals surface area contributed by atoms with Gasteiger partial charge in [-0.05, 0) is 44.5 Å². The fourth-order valence-corrected chi connectivity index (χ4v) is 2.85. The molecule has 0 radical (unpaired) electrons. The van der Waals surface area contributed by atoms with Crippen LogP contribution in [-0.4, -0.2) is 33.6 Å². The van der Waals surface area contributed by atoms with E-state index in [0.29, 0.717) is 18.7 Å². The van der Waals surface area contributed by atoms with Crippen molar-refractivity contribution >= 4 is 21.6 Å². The lowest BCUT2D eigenvalue weighted by Gasteiger charge is -2.12. The van der Waals surface area contributed by atoms with Gasteiger partial charge in [-0.15, -0.1) is 0 Å². The molecular weight excluding hydrogens is 292 g/mol. The molecule has 0 spiro atoms. The van der Waals surface area contributed by atoms with Crippen LogP contribution in [-0.2, 0) is 19.6 Å². The highest BCUT2D eigenvalue weighted by Gasteiger charge is 2.16. The van der Waals surface area contributed by atoms with Crippen LogP contribution in [0.3, 0.4) is 0 Å². The Morgan fingerprint density at radius 2 is 1.86 bits per heavy atom. The van der Waals surface area contributed by atoms with E-state index in [1.54, 1.807) is 26.0 Å². The molecule has 0 saturated heterocycles. The molecule has 1 unspecified atom stereocenters. The van der Waals surface area contributed by atoms with Crippen molar-refractivity contribution in [1.29, 1.82) is 0 Å². The number of hydrogen-bond donors (Lipinski definition) is 2. The predicted octanol–water partition coefficient (Wildman–Crippen LogP) is 1.74. The quantitative estimate of drug-likeness (QED) is 0.765. The highest BCUT2D eigenvalue weighted by Crippen LogP contribution is 2.14. The third-order valence-electron chi connectivity index (χ3n) is 2.85. The van der Waals surface area contributed by atoms with Gasteiger partial charge in [-0.25, -0.2) is 13.1 Å². The number of nitrogens with one attached hydrogen (secondary N) is 2. The average molecular weight is 314 g/mol. The van der Waals surface area contributed by atoms with Crippen LogP contribution in [0.1, 0.15) is 27.2 Å². The normalized spacial score (nSPS) is 12.9. The van der Waals surface area contributed by atoms with Gasteiger partial charge in [0.2, 0.25) is 15.9 Å². The van der Waals surface area contributed by atoms with Crippen LogP contribution >= 0.6 is 0 Å². The molecule has 0 bridgehead atoms. The van der Waals surface area contributed by atoms with Gasteiger partial charge >= 0.3 is 0 Å². The number of rotatable bonds is 8. The van der Waals surface area contributed by atoms with E-state index in [1.807, 2.05) is 6.92 Å². The van der Waals surface area contributed by atoms with Crippen molar-refractivity contribution < 1.29 is 17.9 Å². The van der Waals surface area contributed by atoms with E-state index in [0.717, 1.165) is 0 Å². The molecule has 0 fully saturated rings. The third kappa shape index (κ3) is 5.82. The van der Waals surface area contributed by atoms with Crippen LogP contribution in [0.15, 0.2) is 29.2 Å². The molecule has 1 aromatic carbocycles. The standard InChI is InChI=1S/C14H22N2O4S/c1-4-11(3)16-21(18,19)13-8-6-12(7-9-13)15-14(17)10-20-5-2/h6-9,11,16H,4-5,10H2,1-3H3,(H,15,17). The highest BCUT2D eigenvalue weighted by atomic mass is 32.2. The van der Waals surface area contributed by atoms with E-state index in [4.69, 9.17) is 4.74 Å². The summed E-state index contributed by atoms with van der Waals surface area (Å²) in [4.78, 5) is 11.6. The number of sulfonamides is 1. The molecule has 118 valence electrons. The lowest BCUT2D eigenvalue weighted by atomic mass is 10.3. The molecule has 0 aromatic heterocycles. The minimum atomic E-state index is -3.52. The number of ether oxygens (including phenoxy) is 1. The summed E-state index contributed by atoms with van der Waals surface area (Å²) in [7, 11) is -3.52. The number of amides is 1. The third-order valence-corrected chi connectivity index (χ3v) is 4.46. The Bertz CT molecular complexity index is 555. The van der Waals surface area contributed by atoms with E-state index in [9.17, 15) is 13.2 Å². The van der Waals surface area contributed by atoms with E-state index in [2.05, 4.69) is 10.0 Å². The maximum Gasteiger partial charge on any atom is 0.250 e. The second-order valence-corrected chi connectivity index (χ2v) is 6.35. The first-order valence-corrected chi connectivity index (χ1v) is 8.37. The second-order valence-electron chi connectivity index (χ2n) is 4.64. The molecule has 0 heterocycles. The smallest absolute Gasteiger partial charge is 0.250 e. The summed E-state index contributed by atoms with van der Waals surface area (Å²) in [6.07, 6.45) is 0.713. The van der Waals surface area contributed by atoms with Gasteiger partial charge in [-0.3, -0.25) is 4.79 Å². The van der Waals surface area contributed by atoms with Crippen LogP contribution in [0.25, 0.3) is 0 Å². The fraction of sp³-hybridized carbons (Fsp3) is 0.500. The summed E-state index contributed by atoms with van der Waals surface area (Å²) >= 11 is 0. The number of hydrogen-bond acceptors (Lipinski definition) is 4. The summed E-state index contributed by atoms with van der Waals surface area (Å²) in [6.45, 7) is 5.96. The Balaban J connectivity index is 2.71. The van der Waals surface area contributed by atoms with Crippen LogP contribution in [0.5, 0.6) is 0 Å². The molecule has 21 heavy (non-hydrogen) atoms. The van der Waals surface area contributed by atoms with Gasteiger partial charge in [0.05, 0.1) is 4.90 Å². The van der Waals surface area contributed by atoms with Gasteiger partial charge in [0.25, 0.3) is 0 Å². The highest BCUT2D eigenvalue weighted by molar-refractivity contribution is 7.89. The Morgan fingerprint density at radius 3 is 2.38 bits per heavy atom. The number of anilines is 1. The van der Waals surface area contributed by atoms with Crippen LogP contribution in [0, 0.1) is 0 Å². The number of carbonyl (C=O) groups excluding carboxylic acids is 1. The van der Waals surface area contributed by atoms with Gasteiger partial charge in [0.1, 0.15) is 6.61 Å². The molecule has 6 nitrogen and oxygen atoms in total. The SMILES string of the molecule is CCOCC(=O)Nc1ccc(S(=O)(=O)NC(C)CC)cc1. The van der Waals surface area contributed by atoms with Crippen molar-refractivity contribution in [1.82, 2.24) is 4.72 Å². The summed E-state index contributed by atoms with van der Waals surface area (Å²) in [5.41, 5.74) is 0.530. The zero-order valence-corrected chi connectivity index (χ0v) is 13.4. The van der Waals surface area contributed by atoms with Gasteiger partial charge in [-0.1, -0.05) is 6.92 Å². The van der Waals surface area contributed by atoms with Crippen molar-refractivity contribution in [2.45, 2.75) is 38.1 Å². The molecule has 0 saturated carbocycles. The van der Waals surface area contributed by atoms with Crippen molar-refractivity contribution in [3.8, 4) is 0 Å². The maximum absolute atomic E-state index is 12.1. The second kappa shape index (κ2) is 8.11. The fourth-order valence-electron chi connectivity index (χ4n) is 1.53. The predicted molar refractivity (Wildman–Crippen MR) is 81.6 cm³/mol. The summed E-state index contributed by atoms with van der Waals surface area (Å²) in [6, 6.07) is 5.90. The molecule has 1 atom stereocenters. The number of carbonyl (C=O) groups is 1. The molecule has 0 aliphatic rings. The molecular formula is C14H22N2O4S. The van der Waals surface area contributed by atoms with Crippen molar-refractivity contribution in [3.63, 3.8) is 0 Å². The first kappa shape index (κ1) is 17.6. The molecule has 7 heteroatoms.